The molecule has 0 unspecified atom stereocenters. The number of non-ortho nitro benzene ring substituents is 1. The van der Waals surface area contributed by atoms with Crippen LogP contribution in [0.5, 0.6) is 5.75 Å². The van der Waals surface area contributed by atoms with Gasteiger partial charge in [-0.15, -0.1) is 0 Å². The fourth-order valence-corrected chi connectivity index (χ4v) is 3.34. The summed E-state index contributed by atoms with van der Waals surface area (Å²) in [6, 6.07) is 17.1. The predicted molar refractivity (Wildman–Crippen MR) is 107 cm³/mol. The maximum Gasteiger partial charge on any atom is 0.271 e. The van der Waals surface area contributed by atoms with E-state index in [0.717, 1.165) is 11.3 Å². The number of nitro benzene ring substituents is 1. The van der Waals surface area contributed by atoms with Gasteiger partial charge in [-0.1, -0.05) is 18.2 Å². The van der Waals surface area contributed by atoms with E-state index in [1.54, 1.807) is 42.5 Å². The highest BCUT2D eigenvalue weighted by Gasteiger charge is 2.38. The third-order valence-corrected chi connectivity index (χ3v) is 4.77. The first-order valence-electron chi connectivity index (χ1n) is 8.96. The van der Waals surface area contributed by atoms with Crippen molar-refractivity contribution in [3.05, 3.63) is 93.8 Å². The quantitative estimate of drug-likeness (QED) is 0.508. The van der Waals surface area contributed by atoms with E-state index >= 15 is 0 Å². The Bertz CT molecular complexity index is 1070. The molecule has 8 heteroatoms. The van der Waals surface area contributed by atoms with Gasteiger partial charge in [0.05, 0.1) is 23.3 Å². The number of benzene rings is 2. The molecule has 0 aliphatic carbocycles. The number of fused-ring (bicyclic) bond motifs is 1. The Morgan fingerprint density at radius 1 is 1.17 bits per heavy atom. The molecule has 0 fully saturated rings. The molecule has 0 bridgehead atoms. The first-order chi connectivity index (χ1) is 14.1. The number of ether oxygens (including phenoxy) is 1. The molecule has 0 radical (unpaired) electrons. The zero-order valence-electron chi connectivity index (χ0n) is 15.6. The normalized spacial score (nSPS) is 15.1. The van der Waals surface area contributed by atoms with Gasteiger partial charge in [0, 0.05) is 30.6 Å². The Hall–Kier alpha value is -3.94. The summed E-state index contributed by atoms with van der Waals surface area (Å²) in [7, 11) is 1.60. The van der Waals surface area contributed by atoms with Crippen molar-refractivity contribution >= 4 is 17.3 Å². The summed E-state index contributed by atoms with van der Waals surface area (Å²) in [6.45, 7) is 0.353. The highest BCUT2D eigenvalue weighted by molar-refractivity contribution is 5.98. The Morgan fingerprint density at radius 3 is 2.69 bits per heavy atom. The summed E-state index contributed by atoms with van der Waals surface area (Å²) in [5.74, 6) is 0.588. The van der Waals surface area contributed by atoms with Crippen LogP contribution in [0.4, 0.5) is 11.4 Å². The first-order valence-corrected chi connectivity index (χ1v) is 8.96. The van der Waals surface area contributed by atoms with E-state index in [0.29, 0.717) is 23.5 Å². The van der Waals surface area contributed by atoms with Crippen molar-refractivity contribution in [2.45, 2.75) is 12.7 Å². The van der Waals surface area contributed by atoms with E-state index in [2.05, 4.69) is 10.3 Å². The summed E-state index contributed by atoms with van der Waals surface area (Å²) in [5.41, 5.74) is 2.55. The van der Waals surface area contributed by atoms with Gasteiger partial charge < -0.3 is 15.0 Å². The number of hydrogen-bond donors (Lipinski definition) is 1. The maximum absolute atomic E-state index is 13.0. The van der Waals surface area contributed by atoms with Gasteiger partial charge in [-0.05, 0) is 35.9 Å². The van der Waals surface area contributed by atoms with E-state index in [1.165, 1.54) is 12.1 Å². The van der Waals surface area contributed by atoms with E-state index in [1.807, 2.05) is 24.3 Å². The number of aromatic nitrogens is 1. The van der Waals surface area contributed by atoms with Crippen molar-refractivity contribution in [3.8, 4) is 5.75 Å². The van der Waals surface area contributed by atoms with Gasteiger partial charge in [0.1, 0.15) is 11.9 Å². The minimum atomic E-state index is -0.539. The topological polar surface area (TPSA) is 97.6 Å². The molecular weight excluding hydrogens is 372 g/mol. The third-order valence-electron chi connectivity index (χ3n) is 4.77. The molecule has 1 aliphatic heterocycles. The van der Waals surface area contributed by atoms with Crippen LogP contribution < -0.4 is 10.1 Å². The molecule has 8 nitrogen and oxygen atoms in total. The van der Waals surface area contributed by atoms with Crippen LogP contribution in [0.3, 0.4) is 0 Å². The summed E-state index contributed by atoms with van der Waals surface area (Å²) in [6.07, 6.45) is 1.09. The standard InChI is InChI=1S/C21H18N4O4/c1-29-17-9-7-14(8-10-17)13-24-20(19-18(21(24)26)6-3-11-22-19)23-15-4-2-5-16(12-15)25(27)28/h2-12,20,23H,13H2,1H3/t20-/m1/s1. The van der Waals surface area contributed by atoms with Crippen molar-refractivity contribution in [3.63, 3.8) is 0 Å². The molecular formula is C21H18N4O4. The molecule has 0 saturated carbocycles. The largest absolute Gasteiger partial charge is 0.497 e. The molecule has 1 aromatic heterocycles. The Kier molecular flexibility index (Phi) is 4.82. The van der Waals surface area contributed by atoms with E-state index in [-0.39, 0.29) is 11.6 Å². The second-order valence-electron chi connectivity index (χ2n) is 6.57. The van der Waals surface area contributed by atoms with Crippen molar-refractivity contribution in [1.29, 1.82) is 0 Å². The molecule has 0 saturated heterocycles. The monoisotopic (exact) mass is 390 g/mol. The number of methoxy groups -OCH3 is 1. The number of amides is 1. The molecule has 1 atom stereocenters. The van der Waals surface area contributed by atoms with Crippen LogP contribution >= 0.6 is 0 Å². The molecule has 2 heterocycles. The van der Waals surface area contributed by atoms with Crippen molar-refractivity contribution in [1.82, 2.24) is 9.88 Å². The van der Waals surface area contributed by atoms with E-state index in [9.17, 15) is 14.9 Å². The number of nitrogens with one attached hydrogen (secondary N) is 1. The van der Waals surface area contributed by atoms with Crippen LogP contribution in [0.15, 0.2) is 66.9 Å². The molecule has 3 aromatic rings. The first kappa shape index (κ1) is 18.4. The molecule has 1 N–H and O–H groups in total. The molecule has 0 spiro atoms. The van der Waals surface area contributed by atoms with Crippen molar-refractivity contribution in [2.75, 3.05) is 12.4 Å². The number of nitro groups is 1. The summed E-state index contributed by atoms with van der Waals surface area (Å²) in [4.78, 5) is 29.7. The fourth-order valence-electron chi connectivity index (χ4n) is 3.34. The second-order valence-corrected chi connectivity index (χ2v) is 6.57. The third kappa shape index (κ3) is 3.60. The smallest absolute Gasteiger partial charge is 0.271 e. The lowest BCUT2D eigenvalue weighted by atomic mass is 10.2. The fraction of sp³-hybridized carbons (Fsp3) is 0.143. The average Bonchev–Trinajstić information content (AvgIpc) is 3.00. The lowest BCUT2D eigenvalue weighted by Gasteiger charge is -2.26. The zero-order chi connectivity index (χ0) is 20.4. The summed E-state index contributed by atoms with van der Waals surface area (Å²) in [5, 5.41) is 14.3. The van der Waals surface area contributed by atoms with Crippen LogP contribution in [0.25, 0.3) is 0 Å². The van der Waals surface area contributed by atoms with Crippen LogP contribution in [0.1, 0.15) is 27.8 Å². The van der Waals surface area contributed by atoms with Crippen LogP contribution in [-0.4, -0.2) is 27.8 Å². The molecule has 4 rings (SSSR count). The Balaban J connectivity index is 1.66. The second kappa shape index (κ2) is 7.59. The van der Waals surface area contributed by atoms with Gasteiger partial charge in [0.15, 0.2) is 0 Å². The van der Waals surface area contributed by atoms with E-state index < -0.39 is 11.1 Å². The number of carbonyl (C=O) groups excluding carboxylic acids is 1. The number of pyridine rings is 1. The van der Waals surface area contributed by atoms with Gasteiger partial charge in [-0.3, -0.25) is 19.9 Å². The summed E-state index contributed by atoms with van der Waals surface area (Å²) < 4.78 is 5.18. The van der Waals surface area contributed by atoms with Gasteiger partial charge >= 0.3 is 0 Å². The molecule has 1 aliphatic rings. The summed E-state index contributed by atoms with van der Waals surface area (Å²) >= 11 is 0. The minimum absolute atomic E-state index is 0.0257. The Labute approximate surface area is 166 Å². The van der Waals surface area contributed by atoms with Crippen molar-refractivity contribution in [2.24, 2.45) is 0 Å². The molecule has 2 aromatic carbocycles. The van der Waals surface area contributed by atoms with Gasteiger partial charge in [-0.2, -0.15) is 0 Å². The lowest BCUT2D eigenvalue weighted by molar-refractivity contribution is -0.384. The predicted octanol–water partition coefficient (Wildman–Crippen LogP) is 3.77. The van der Waals surface area contributed by atoms with Gasteiger partial charge in [0.2, 0.25) is 0 Å². The highest BCUT2D eigenvalue weighted by Crippen LogP contribution is 2.34. The van der Waals surface area contributed by atoms with Crippen molar-refractivity contribution < 1.29 is 14.5 Å². The van der Waals surface area contributed by atoms with E-state index in [4.69, 9.17) is 4.74 Å². The SMILES string of the molecule is COc1ccc(CN2C(=O)c3cccnc3[C@@H]2Nc2cccc([N+](=O)[O-])c2)cc1. The molecule has 29 heavy (non-hydrogen) atoms. The molecule has 146 valence electrons. The zero-order valence-corrected chi connectivity index (χ0v) is 15.6. The van der Waals surface area contributed by atoms with Gasteiger partial charge in [-0.25, -0.2) is 0 Å². The number of nitrogens with zero attached hydrogens (tertiary/aromatic N) is 3. The maximum atomic E-state index is 13.0. The molecule has 1 amide bonds. The van der Waals surface area contributed by atoms with Crippen LogP contribution in [0, 0.1) is 10.1 Å². The van der Waals surface area contributed by atoms with Gasteiger partial charge in [0.25, 0.3) is 11.6 Å². The number of anilines is 1. The number of rotatable bonds is 6. The number of carbonyl (C=O) groups is 1. The highest BCUT2D eigenvalue weighted by atomic mass is 16.6. The number of hydrogen-bond acceptors (Lipinski definition) is 6. The van der Waals surface area contributed by atoms with Crippen LogP contribution in [-0.2, 0) is 6.54 Å². The average molecular weight is 390 g/mol. The Morgan fingerprint density at radius 2 is 1.97 bits per heavy atom. The lowest BCUT2D eigenvalue weighted by Crippen LogP contribution is -2.32. The van der Waals surface area contributed by atoms with Crippen LogP contribution in [0.2, 0.25) is 0 Å². The minimum Gasteiger partial charge on any atom is -0.497 e.